The Morgan fingerprint density at radius 3 is 2.35 bits per heavy atom. The molecule has 0 saturated carbocycles. The molecule has 0 aliphatic carbocycles. The molecule has 9 heteroatoms. The van der Waals surface area contributed by atoms with E-state index in [1.807, 2.05) is 0 Å². The number of nitrogens with zero attached hydrogens (tertiary/aromatic N) is 1. The summed E-state index contributed by atoms with van der Waals surface area (Å²) in [6, 6.07) is 16.2. The van der Waals surface area contributed by atoms with E-state index in [9.17, 15) is 13.2 Å². The number of rotatable bonds is 8. The quantitative estimate of drug-likeness (QED) is 0.520. The first-order valence-electron chi connectivity index (χ1n) is 9.16. The van der Waals surface area contributed by atoms with E-state index in [0.717, 1.165) is 0 Å². The molecule has 2 aromatic carbocycles. The van der Waals surface area contributed by atoms with Crippen LogP contribution in [0.25, 0.3) is 6.08 Å². The molecule has 0 spiro atoms. The van der Waals surface area contributed by atoms with Crippen LogP contribution in [-0.2, 0) is 14.8 Å². The first kappa shape index (κ1) is 21.8. The first-order chi connectivity index (χ1) is 14.9. The number of anilines is 2. The molecule has 1 aromatic heterocycles. The maximum absolute atomic E-state index is 12.6. The zero-order valence-electron chi connectivity index (χ0n) is 16.9. The molecule has 0 atom stereocenters. The fourth-order valence-corrected chi connectivity index (χ4v) is 3.69. The predicted molar refractivity (Wildman–Crippen MR) is 119 cm³/mol. The largest absolute Gasteiger partial charge is 0.495 e. The molecule has 0 fully saturated rings. The molecule has 0 aliphatic rings. The van der Waals surface area contributed by atoms with Crippen molar-refractivity contribution < 1.29 is 22.7 Å². The van der Waals surface area contributed by atoms with Gasteiger partial charge in [0.25, 0.3) is 10.0 Å². The fraction of sp³-hybridized carbons (Fsp3) is 0.0909. The molecule has 1 amide bonds. The molecule has 160 valence electrons. The van der Waals surface area contributed by atoms with Crippen LogP contribution in [0.5, 0.6) is 11.6 Å². The lowest BCUT2D eigenvalue weighted by atomic mass is 10.2. The zero-order valence-corrected chi connectivity index (χ0v) is 17.7. The average Bonchev–Trinajstić information content (AvgIpc) is 2.78. The van der Waals surface area contributed by atoms with E-state index in [0.29, 0.717) is 28.6 Å². The van der Waals surface area contributed by atoms with Crippen LogP contribution in [-0.4, -0.2) is 33.5 Å². The minimum atomic E-state index is -3.79. The third kappa shape index (κ3) is 5.83. The maximum Gasteiger partial charge on any atom is 0.262 e. The smallest absolute Gasteiger partial charge is 0.262 e. The van der Waals surface area contributed by atoms with Crippen molar-refractivity contribution >= 4 is 33.4 Å². The Hall–Kier alpha value is -3.85. The number of methoxy groups -OCH3 is 2. The Bertz CT molecular complexity index is 1170. The van der Waals surface area contributed by atoms with Crippen LogP contribution in [0.2, 0.25) is 0 Å². The van der Waals surface area contributed by atoms with Crippen LogP contribution in [0, 0.1) is 0 Å². The van der Waals surface area contributed by atoms with Gasteiger partial charge in [-0.05, 0) is 42.0 Å². The van der Waals surface area contributed by atoms with Gasteiger partial charge in [0.1, 0.15) is 5.75 Å². The van der Waals surface area contributed by atoms with Gasteiger partial charge >= 0.3 is 0 Å². The van der Waals surface area contributed by atoms with Crippen LogP contribution in [0.4, 0.5) is 11.4 Å². The van der Waals surface area contributed by atoms with Gasteiger partial charge in [-0.2, -0.15) is 0 Å². The second-order valence-corrected chi connectivity index (χ2v) is 7.97. The number of amides is 1. The molecular weight excluding hydrogens is 418 g/mol. The van der Waals surface area contributed by atoms with E-state index in [2.05, 4.69) is 15.0 Å². The van der Waals surface area contributed by atoms with E-state index in [1.165, 1.54) is 38.6 Å². The van der Waals surface area contributed by atoms with Gasteiger partial charge < -0.3 is 14.8 Å². The Morgan fingerprint density at radius 2 is 1.71 bits per heavy atom. The molecule has 0 bridgehead atoms. The van der Waals surface area contributed by atoms with Gasteiger partial charge in [0.15, 0.2) is 0 Å². The van der Waals surface area contributed by atoms with Crippen molar-refractivity contribution in [2.45, 2.75) is 4.90 Å². The number of para-hydroxylation sites is 2. The Balaban J connectivity index is 1.65. The summed E-state index contributed by atoms with van der Waals surface area (Å²) in [5.74, 6) is 0.522. The summed E-state index contributed by atoms with van der Waals surface area (Å²) < 4.78 is 37.9. The number of aromatic nitrogens is 1. The number of carbonyl (C=O) groups excluding carboxylic acids is 1. The van der Waals surface area contributed by atoms with Crippen molar-refractivity contribution in [3.8, 4) is 11.6 Å². The summed E-state index contributed by atoms with van der Waals surface area (Å²) in [4.78, 5) is 16.2. The van der Waals surface area contributed by atoms with Crippen LogP contribution < -0.4 is 19.5 Å². The van der Waals surface area contributed by atoms with Gasteiger partial charge in [-0.3, -0.25) is 9.52 Å². The predicted octanol–water partition coefficient (Wildman–Crippen LogP) is 3.55. The molecule has 0 saturated heterocycles. The number of ether oxygens (including phenoxy) is 2. The molecule has 0 aliphatic heterocycles. The minimum Gasteiger partial charge on any atom is -0.495 e. The van der Waals surface area contributed by atoms with E-state index in [4.69, 9.17) is 9.47 Å². The van der Waals surface area contributed by atoms with Crippen LogP contribution >= 0.6 is 0 Å². The Morgan fingerprint density at radius 1 is 0.968 bits per heavy atom. The summed E-state index contributed by atoms with van der Waals surface area (Å²) in [5.41, 5.74) is 1.54. The van der Waals surface area contributed by atoms with Crippen LogP contribution in [0.15, 0.2) is 77.8 Å². The van der Waals surface area contributed by atoms with E-state index in [1.54, 1.807) is 54.6 Å². The van der Waals surface area contributed by atoms with Gasteiger partial charge in [-0.1, -0.05) is 24.3 Å². The second-order valence-electron chi connectivity index (χ2n) is 6.29. The molecule has 2 N–H and O–H groups in total. The first-order valence-corrected chi connectivity index (χ1v) is 10.6. The third-order valence-corrected chi connectivity index (χ3v) is 5.56. The number of hydrogen-bond donors (Lipinski definition) is 2. The van der Waals surface area contributed by atoms with Crippen molar-refractivity contribution in [2.75, 3.05) is 24.3 Å². The molecule has 8 nitrogen and oxygen atoms in total. The van der Waals surface area contributed by atoms with Crippen molar-refractivity contribution in [3.05, 3.63) is 78.5 Å². The monoisotopic (exact) mass is 439 g/mol. The number of sulfonamides is 1. The second kappa shape index (κ2) is 9.77. The number of benzene rings is 2. The lowest BCUT2D eigenvalue weighted by molar-refractivity contribution is -0.111. The van der Waals surface area contributed by atoms with Crippen LogP contribution in [0.3, 0.4) is 0 Å². The summed E-state index contributed by atoms with van der Waals surface area (Å²) in [5, 5.41) is 2.68. The standard InChI is InChI=1S/C22H21N3O5S/c1-29-20-6-4-3-5-19(20)25-31(27,28)18-11-7-16(8-12-18)9-13-21(26)24-17-10-14-22(30-2)23-15-17/h3-15,25H,1-2H3,(H,24,26)/b13-9+. The summed E-state index contributed by atoms with van der Waals surface area (Å²) in [6.45, 7) is 0. The normalized spacial score (nSPS) is 11.2. The summed E-state index contributed by atoms with van der Waals surface area (Å²) in [6.07, 6.45) is 4.41. The third-order valence-electron chi connectivity index (χ3n) is 4.18. The highest BCUT2D eigenvalue weighted by Gasteiger charge is 2.16. The van der Waals surface area contributed by atoms with Gasteiger partial charge in [-0.15, -0.1) is 0 Å². The Labute approximate surface area is 180 Å². The number of hydrogen-bond acceptors (Lipinski definition) is 6. The van der Waals surface area contributed by atoms with Crippen molar-refractivity contribution in [3.63, 3.8) is 0 Å². The highest BCUT2D eigenvalue weighted by Crippen LogP contribution is 2.26. The molecule has 0 unspecified atom stereocenters. The highest BCUT2D eigenvalue weighted by atomic mass is 32.2. The Kier molecular flexibility index (Phi) is 6.88. The lowest BCUT2D eigenvalue weighted by Gasteiger charge is -2.11. The molecule has 0 radical (unpaired) electrons. The number of nitrogens with one attached hydrogen (secondary N) is 2. The summed E-state index contributed by atoms with van der Waals surface area (Å²) in [7, 11) is -0.815. The molecule has 3 rings (SSSR count). The number of pyridine rings is 1. The van der Waals surface area contributed by atoms with Gasteiger partial charge in [-0.25, -0.2) is 13.4 Å². The topological polar surface area (TPSA) is 107 Å². The van der Waals surface area contributed by atoms with E-state index < -0.39 is 10.0 Å². The fourth-order valence-electron chi connectivity index (χ4n) is 2.62. The molecule has 3 aromatic rings. The minimum absolute atomic E-state index is 0.0873. The molecular formula is C22H21N3O5S. The van der Waals surface area contributed by atoms with Crippen LogP contribution in [0.1, 0.15) is 5.56 Å². The van der Waals surface area contributed by atoms with Crippen molar-refractivity contribution in [1.82, 2.24) is 4.98 Å². The van der Waals surface area contributed by atoms with Crippen molar-refractivity contribution in [1.29, 1.82) is 0 Å². The van der Waals surface area contributed by atoms with Gasteiger partial charge in [0, 0.05) is 12.1 Å². The lowest BCUT2D eigenvalue weighted by Crippen LogP contribution is -2.13. The summed E-state index contributed by atoms with van der Waals surface area (Å²) >= 11 is 0. The van der Waals surface area contributed by atoms with E-state index >= 15 is 0 Å². The average molecular weight is 439 g/mol. The van der Waals surface area contributed by atoms with E-state index in [-0.39, 0.29) is 10.8 Å². The maximum atomic E-state index is 12.6. The van der Waals surface area contributed by atoms with Gasteiger partial charge in [0.2, 0.25) is 11.8 Å². The zero-order chi connectivity index (χ0) is 22.3. The van der Waals surface area contributed by atoms with Gasteiger partial charge in [0.05, 0.1) is 36.7 Å². The highest BCUT2D eigenvalue weighted by molar-refractivity contribution is 7.92. The molecule has 1 heterocycles. The SMILES string of the molecule is COc1ccc(NC(=O)/C=C/c2ccc(S(=O)(=O)Nc3ccccc3OC)cc2)cn1. The van der Waals surface area contributed by atoms with Crippen molar-refractivity contribution in [2.24, 2.45) is 0 Å². The molecule has 31 heavy (non-hydrogen) atoms. The number of carbonyl (C=O) groups is 1.